The summed E-state index contributed by atoms with van der Waals surface area (Å²) in [7, 11) is 0. The van der Waals surface area contributed by atoms with Crippen LogP contribution in [0.25, 0.3) is 10.9 Å². The molecule has 0 spiro atoms. The van der Waals surface area contributed by atoms with Crippen molar-refractivity contribution in [3.05, 3.63) is 42.1 Å². The molecule has 0 saturated heterocycles. The lowest BCUT2D eigenvalue weighted by atomic mass is 9.98. The Labute approximate surface area is 108 Å². The van der Waals surface area contributed by atoms with Gasteiger partial charge >= 0.3 is 0 Å². The van der Waals surface area contributed by atoms with Gasteiger partial charge in [0.2, 0.25) is 0 Å². The van der Waals surface area contributed by atoms with Gasteiger partial charge in [0.15, 0.2) is 0 Å². The summed E-state index contributed by atoms with van der Waals surface area (Å²) in [6.45, 7) is 2.21. The van der Waals surface area contributed by atoms with Crippen LogP contribution in [-0.2, 0) is 0 Å². The van der Waals surface area contributed by atoms with Crippen molar-refractivity contribution in [2.24, 2.45) is 5.84 Å². The van der Waals surface area contributed by atoms with Crippen LogP contribution in [0.4, 0.5) is 0 Å². The number of hydrogen-bond acceptors (Lipinski definition) is 3. The maximum atomic E-state index is 5.70. The molecule has 0 amide bonds. The largest absolute Gasteiger partial charge is 0.271 e. The molecule has 2 aromatic rings. The number of unbranched alkanes of at least 4 members (excludes halogenated alkanes) is 2. The second kappa shape index (κ2) is 6.47. The van der Waals surface area contributed by atoms with E-state index >= 15 is 0 Å². The van der Waals surface area contributed by atoms with Gasteiger partial charge in [-0.25, -0.2) is 0 Å². The first kappa shape index (κ1) is 13.0. The molecule has 1 aromatic heterocycles. The average Bonchev–Trinajstić information content (AvgIpc) is 2.43. The van der Waals surface area contributed by atoms with Gasteiger partial charge in [-0.2, -0.15) is 0 Å². The Morgan fingerprint density at radius 1 is 1.22 bits per heavy atom. The van der Waals surface area contributed by atoms with Crippen LogP contribution in [0.3, 0.4) is 0 Å². The molecule has 3 N–H and O–H groups in total. The highest BCUT2D eigenvalue weighted by Gasteiger charge is 2.12. The summed E-state index contributed by atoms with van der Waals surface area (Å²) < 4.78 is 0. The summed E-state index contributed by atoms with van der Waals surface area (Å²) in [4.78, 5) is 4.48. The molecule has 1 unspecified atom stereocenters. The van der Waals surface area contributed by atoms with Crippen molar-refractivity contribution in [2.75, 3.05) is 0 Å². The minimum Gasteiger partial charge on any atom is -0.271 e. The summed E-state index contributed by atoms with van der Waals surface area (Å²) in [5, 5.41) is 1.17. The van der Waals surface area contributed by atoms with Crippen LogP contribution in [0.1, 0.15) is 44.2 Å². The Morgan fingerprint density at radius 3 is 2.83 bits per heavy atom. The standard InChI is InChI=1S/C15H21N3/c1-2-3-4-10-14(18-16)13-9-5-7-12-8-6-11-17-15(12)13/h5-9,11,14,18H,2-4,10,16H2,1H3. The fourth-order valence-corrected chi connectivity index (χ4v) is 2.34. The van der Waals surface area contributed by atoms with E-state index in [2.05, 4.69) is 41.6 Å². The predicted octanol–water partition coefficient (Wildman–Crippen LogP) is 3.32. The fourth-order valence-electron chi connectivity index (χ4n) is 2.34. The molecule has 2 rings (SSSR count). The van der Waals surface area contributed by atoms with Crippen LogP contribution in [0.5, 0.6) is 0 Å². The SMILES string of the molecule is CCCCCC(NN)c1cccc2cccnc12. The van der Waals surface area contributed by atoms with Crippen molar-refractivity contribution < 1.29 is 0 Å². The van der Waals surface area contributed by atoms with Crippen LogP contribution < -0.4 is 11.3 Å². The van der Waals surface area contributed by atoms with Gasteiger partial charge in [0.25, 0.3) is 0 Å². The lowest BCUT2D eigenvalue weighted by molar-refractivity contribution is 0.489. The highest BCUT2D eigenvalue weighted by atomic mass is 15.2. The van der Waals surface area contributed by atoms with Crippen molar-refractivity contribution in [3.8, 4) is 0 Å². The predicted molar refractivity (Wildman–Crippen MR) is 75.9 cm³/mol. The topological polar surface area (TPSA) is 50.9 Å². The Morgan fingerprint density at radius 2 is 2.06 bits per heavy atom. The molecule has 3 heteroatoms. The Bertz CT molecular complexity index is 491. The molecule has 96 valence electrons. The molecule has 0 radical (unpaired) electrons. The summed E-state index contributed by atoms with van der Waals surface area (Å²) in [5.74, 6) is 5.70. The molecule has 18 heavy (non-hydrogen) atoms. The second-order valence-electron chi connectivity index (χ2n) is 4.64. The maximum Gasteiger partial charge on any atom is 0.0750 e. The van der Waals surface area contributed by atoms with Crippen molar-refractivity contribution >= 4 is 10.9 Å². The molecule has 0 saturated carbocycles. The Balaban J connectivity index is 2.27. The van der Waals surface area contributed by atoms with Crippen LogP contribution in [0.2, 0.25) is 0 Å². The summed E-state index contributed by atoms with van der Waals surface area (Å²) in [5.41, 5.74) is 5.19. The number of hydrazine groups is 1. The summed E-state index contributed by atoms with van der Waals surface area (Å²) in [6, 6.07) is 10.5. The molecule has 0 aliphatic rings. The van der Waals surface area contributed by atoms with E-state index in [0.717, 1.165) is 11.9 Å². The van der Waals surface area contributed by atoms with Crippen LogP contribution >= 0.6 is 0 Å². The fraction of sp³-hybridized carbons (Fsp3) is 0.400. The molecule has 1 heterocycles. The zero-order valence-electron chi connectivity index (χ0n) is 10.9. The van der Waals surface area contributed by atoms with E-state index in [1.807, 2.05) is 12.3 Å². The normalized spacial score (nSPS) is 12.8. The number of hydrogen-bond donors (Lipinski definition) is 2. The number of para-hydroxylation sites is 1. The van der Waals surface area contributed by atoms with Crippen LogP contribution in [0.15, 0.2) is 36.5 Å². The van der Waals surface area contributed by atoms with Gasteiger partial charge in [0.1, 0.15) is 0 Å². The third-order valence-electron chi connectivity index (χ3n) is 3.34. The molecule has 0 aliphatic heterocycles. The monoisotopic (exact) mass is 243 g/mol. The first-order chi connectivity index (χ1) is 8.86. The smallest absolute Gasteiger partial charge is 0.0750 e. The highest BCUT2D eigenvalue weighted by Crippen LogP contribution is 2.25. The quantitative estimate of drug-likeness (QED) is 0.465. The van der Waals surface area contributed by atoms with E-state index < -0.39 is 0 Å². The number of nitrogens with one attached hydrogen (secondary N) is 1. The summed E-state index contributed by atoms with van der Waals surface area (Å²) >= 11 is 0. The first-order valence-corrected chi connectivity index (χ1v) is 6.66. The van der Waals surface area contributed by atoms with Gasteiger partial charge in [-0.3, -0.25) is 16.3 Å². The van der Waals surface area contributed by atoms with Gasteiger partial charge in [-0.1, -0.05) is 50.5 Å². The Kier molecular flexibility index (Phi) is 4.67. The van der Waals surface area contributed by atoms with Gasteiger partial charge in [0, 0.05) is 17.6 Å². The zero-order valence-corrected chi connectivity index (χ0v) is 10.9. The number of fused-ring (bicyclic) bond motifs is 1. The van der Waals surface area contributed by atoms with Crippen molar-refractivity contribution in [1.82, 2.24) is 10.4 Å². The van der Waals surface area contributed by atoms with E-state index in [0.29, 0.717) is 0 Å². The third-order valence-corrected chi connectivity index (χ3v) is 3.34. The molecule has 0 bridgehead atoms. The number of nitrogens with zero attached hydrogens (tertiary/aromatic N) is 1. The van der Waals surface area contributed by atoms with E-state index in [-0.39, 0.29) is 6.04 Å². The minimum absolute atomic E-state index is 0.190. The zero-order chi connectivity index (χ0) is 12.8. The van der Waals surface area contributed by atoms with Gasteiger partial charge in [0.05, 0.1) is 5.52 Å². The molecular weight excluding hydrogens is 222 g/mol. The van der Waals surface area contributed by atoms with E-state index in [1.165, 1.54) is 30.2 Å². The first-order valence-electron chi connectivity index (χ1n) is 6.66. The van der Waals surface area contributed by atoms with Gasteiger partial charge in [-0.15, -0.1) is 0 Å². The van der Waals surface area contributed by atoms with Crippen LogP contribution in [-0.4, -0.2) is 4.98 Å². The minimum atomic E-state index is 0.190. The van der Waals surface area contributed by atoms with Crippen molar-refractivity contribution in [2.45, 2.75) is 38.6 Å². The third kappa shape index (κ3) is 2.86. The van der Waals surface area contributed by atoms with Gasteiger partial charge in [-0.05, 0) is 18.1 Å². The molecule has 1 atom stereocenters. The second-order valence-corrected chi connectivity index (χ2v) is 4.64. The number of nitrogens with two attached hydrogens (primary N) is 1. The molecular formula is C15H21N3. The number of aromatic nitrogens is 1. The highest BCUT2D eigenvalue weighted by molar-refractivity contribution is 5.81. The lowest BCUT2D eigenvalue weighted by Gasteiger charge is -2.17. The Hall–Kier alpha value is -1.45. The molecule has 1 aromatic carbocycles. The lowest BCUT2D eigenvalue weighted by Crippen LogP contribution is -2.28. The van der Waals surface area contributed by atoms with E-state index in [4.69, 9.17) is 5.84 Å². The van der Waals surface area contributed by atoms with E-state index in [9.17, 15) is 0 Å². The summed E-state index contributed by atoms with van der Waals surface area (Å²) in [6.07, 6.45) is 6.56. The van der Waals surface area contributed by atoms with E-state index in [1.54, 1.807) is 0 Å². The van der Waals surface area contributed by atoms with Crippen molar-refractivity contribution in [1.29, 1.82) is 0 Å². The number of benzene rings is 1. The molecule has 3 nitrogen and oxygen atoms in total. The maximum absolute atomic E-state index is 5.70. The number of pyridine rings is 1. The molecule has 0 fully saturated rings. The average molecular weight is 243 g/mol. The van der Waals surface area contributed by atoms with Crippen LogP contribution in [0, 0.1) is 0 Å². The number of rotatable bonds is 6. The van der Waals surface area contributed by atoms with Gasteiger partial charge < -0.3 is 0 Å². The molecule has 0 aliphatic carbocycles. The van der Waals surface area contributed by atoms with Crippen molar-refractivity contribution in [3.63, 3.8) is 0 Å².